The first-order valence-electron chi connectivity index (χ1n) is 7.28. The van der Waals surface area contributed by atoms with E-state index < -0.39 is 0 Å². The monoisotopic (exact) mass is 267 g/mol. The Kier molecular flexibility index (Phi) is 5.34. The van der Waals surface area contributed by atoms with Gasteiger partial charge >= 0.3 is 0 Å². The smallest absolute Gasteiger partial charge is 0.152 e. The van der Waals surface area contributed by atoms with Gasteiger partial charge < -0.3 is 9.84 Å². The fourth-order valence-corrected chi connectivity index (χ4v) is 2.57. The molecule has 5 heteroatoms. The summed E-state index contributed by atoms with van der Waals surface area (Å²) in [6, 6.07) is 0. The lowest BCUT2D eigenvalue weighted by atomic mass is 9.88. The third kappa shape index (κ3) is 4.28. The molecule has 1 aromatic rings. The maximum atomic E-state index is 9.12. The Balaban J connectivity index is 1.78. The van der Waals surface area contributed by atoms with Crippen molar-refractivity contribution in [2.24, 2.45) is 11.8 Å². The van der Waals surface area contributed by atoms with Gasteiger partial charge in [-0.3, -0.25) is 0 Å². The van der Waals surface area contributed by atoms with E-state index in [2.05, 4.69) is 23.9 Å². The molecule has 1 aliphatic rings. The summed E-state index contributed by atoms with van der Waals surface area (Å²) < 4.78 is 7.87. The highest BCUT2D eigenvalue weighted by Crippen LogP contribution is 2.26. The fraction of sp³-hybridized carbons (Fsp3) is 0.857. The molecular weight excluding hydrogens is 242 g/mol. The van der Waals surface area contributed by atoms with Gasteiger partial charge in [-0.2, -0.15) is 5.10 Å². The van der Waals surface area contributed by atoms with Crippen LogP contribution in [0.15, 0.2) is 6.33 Å². The Hall–Kier alpha value is -0.940. The summed E-state index contributed by atoms with van der Waals surface area (Å²) in [5.41, 5.74) is 0. The highest BCUT2D eigenvalue weighted by atomic mass is 16.5. The Morgan fingerprint density at radius 1 is 1.37 bits per heavy atom. The summed E-state index contributed by atoms with van der Waals surface area (Å²) in [5, 5.41) is 13.4. The molecule has 0 radical (unpaired) electrons. The molecule has 1 saturated carbocycles. The van der Waals surface area contributed by atoms with Crippen LogP contribution in [0.1, 0.15) is 45.4 Å². The van der Waals surface area contributed by atoms with Crippen LogP contribution in [0.4, 0.5) is 0 Å². The summed E-state index contributed by atoms with van der Waals surface area (Å²) in [7, 11) is 0. The minimum absolute atomic E-state index is 0.312. The summed E-state index contributed by atoms with van der Waals surface area (Å²) in [6.07, 6.45) is 6.14. The SMILES string of the molecule is CC(C)Cn1ncnc1COC1CCC(CO)CC1. The molecule has 0 atom stereocenters. The molecule has 0 unspecified atom stereocenters. The van der Waals surface area contributed by atoms with Crippen molar-refractivity contribution in [3.8, 4) is 0 Å². The van der Waals surface area contributed by atoms with Gasteiger partial charge in [0.2, 0.25) is 0 Å². The third-order valence-electron chi connectivity index (χ3n) is 3.73. The number of hydrogen-bond acceptors (Lipinski definition) is 4. The molecule has 1 aromatic heterocycles. The molecule has 1 N–H and O–H groups in total. The van der Waals surface area contributed by atoms with Crippen LogP contribution < -0.4 is 0 Å². The standard InChI is InChI=1S/C14H25N3O2/c1-11(2)7-17-14(15-10-16-17)9-19-13-5-3-12(8-18)4-6-13/h10-13,18H,3-9H2,1-2H3. The van der Waals surface area contributed by atoms with E-state index >= 15 is 0 Å². The topological polar surface area (TPSA) is 60.2 Å². The van der Waals surface area contributed by atoms with Crippen LogP contribution in [-0.4, -0.2) is 32.6 Å². The van der Waals surface area contributed by atoms with Crippen molar-refractivity contribution in [2.75, 3.05) is 6.61 Å². The molecule has 0 spiro atoms. The molecule has 0 saturated heterocycles. The predicted molar refractivity (Wildman–Crippen MR) is 72.5 cm³/mol. The largest absolute Gasteiger partial charge is 0.396 e. The van der Waals surface area contributed by atoms with Crippen LogP contribution in [0.3, 0.4) is 0 Å². The molecule has 0 aromatic carbocycles. The van der Waals surface area contributed by atoms with Crippen molar-refractivity contribution >= 4 is 0 Å². The van der Waals surface area contributed by atoms with Gasteiger partial charge in [-0.05, 0) is 37.5 Å². The molecule has 2 rings (SSSR count). The first kappa shape index (κ1) is 14.5. The number of aliphatic hydroxyl groups excluding tert-OH is 1. The van der Waals surface area contributed by atoms with Crippen LogP contribution in [-0.2, 0) is 17.9 Å². The highest BCUT2D eigenvalue weighted by Gasteiger charge is 2.21. The van der Waals surface area contributed by atoms with Gasteiger partial charge in [0, 0.05) is 13.2 Å². The summed E-state index contributed by atoms with van der Waals surface area (Å²) in [6.45, 7) is 6.08. The molecule has 5 nitrogen and oxygen atoms in total. The van der Waals surface area contributed by atoms with Gasteiger partial charge in [-0.1, -0.05) is 13.8 Å². The molecule has 0 aliphatic heterocycles. The normalized spacial score (nSPS) is 24.0. The molecular formula is C14H25N3O2. The van der Waals surface area contributed by atoms with Gasteiger partial charge in [0.15, 0.2) is 5.82 Å². The molecule has 1 heterocycles. The average Bonchev–Trinajstić information content (AvgIpc) is 2.83. The van der Waals surface area contributed by atoms with Gasteiger partial charge in [0.05, 0.1) is 6.10 Å². The van der Waals surface area contributed by atoms with E-state index in [1.165, 1.54) is 0 Å². The van der Waals surface area contributed by atoms with Gasteiger partial charge in [-0.25, -0.2) is 9.67 Å². The second kappa shape index (κ2) is 7.01. The fourth-order valence-electron chi connectivity index (χ4n) is 2.57. The van der Waals surface area contributed by atoms with Crippen molar-refractivity contribution in [3.63, 3.8) is 0 Å². The van der Waals surface area contributed by atoms with E-state index in [-0.39, 0.29) is 0 Å². The van der Waals surface area contributed by atoms with Crippen LogP contribution in [0.2, 0.25) is 0 Å². The lowest BCUT2D eigenvalue weighted by molar-refractivity contribution is -0.00320. The van der Waals surface area contributed by atoms with E-state index in [1.54, 1.807) is 6.33 Å². The number of ether oxygens (including phenoxy) is 1. The lowest BCUT2D eigenvalue weighted by Crippen LogP contribution is -2.24. The minimum atomic E-state index is 0.312. The minimum Gasteiger partial charge on any atom is -0.396 e. The van der Waals surface area contributed by atoms with Crippen LogP contribution in [0.5, 0.6) is 0 Å². The average molecular weight is 267 g/mol. The summed E-state index contributed by atoms with van der Waals surface area (Å²) in [5.74, 6) is 1.95. The number of nitrogens with zero attached hydrogens (tertiary/aromatic N) is 3. The highest BCUT2D eigenvalue weighted by molar-refractivity contribution is 4.83. The molecule has 0 amide bonds. The zero-order valence-corrected chi connectivity index (χ0v) is 12.0. The molecule has 1 fully saturated rings. The molecule has 19 heavy (non-hydrogen) atoms. The van der Waals surface area contributed by atoms with Gasteiger partial charge in [0.1, 0.15) is 12.9 Å². The number of hydrogen-bond donors (Lipinski definition) is 1. The van der Waals surface area contributed by atoms with E-state index in [1.807, 2.05) is 4.68 Å². The van der Waals surface area contributed by atoms with E-state index in [0.29, 0.717) is 31.2 Å². The maximum Gasteiger partial charge on any atom is 0.152 e. The van der Waals surface area contributed by atoms with Crippen molar-refractivity contribution in [1.82, 2.24) is 14.8 Å². The van der Waals surface area contributed by atoms with Gasteiger partial charge in [0.25, 0.3) is 0 Å². The van der Waals surface area contributed by atoms with E-state index in [4.69, 9.17) is 9.84 Å². The zero-order chi connectivity index (χ0) is 13.7. The third-order valence-corrected chi connectivity index (χ3v) is 3.73. The van der Waals surface area contributed by atoms with Crippen molar-refractivity contribution in [3.05, 3.63) is 12.2 Å². The summed E-state index contributed by atoms with van der Waals surface area (Å²) >= 11 is 0. The van der Waals surface area contributed by atoms with Crippen molar-refractivity contribution < 1.29 is 9.84 Å². The molecule has 108 valence electrons. The van der Waals surface area contributed by atoms with Gasteiger partial charge in [-0.15, -0.1) is 0 Å². The quantitative estimate of drug-likeness (QED) is 0.856. The number of aliphatic hydroxyl groups is 1. The van der Waals surface area contributed by atoms with Crippen LogP contribution in [0.25, 0.3) is 0 Å². The number of rotatable bonds is 6. The van der Waals surface area contributed by atoms with Crippen molar-refractivity contribution in [1.29, 1.82) is 0 Å². The zero-order valence-electron chi connectivity index (χ0n) is 12.0. The first-order chi connectivity index (χ1) is 9.19. The summed E-state index contributed by atoms with van der Waals surface area (Å²) in [4.78, 5) is 4.27. The first-order valence-corrected chi connectivity index (χ1v) is 7.28. The predicted octanol–water partition coefficient (Wildman–Crippen LogP) is 2.00. The maximum absolute atomic E-state index is 9.12. The Morgan fingerprint density at radius 2 is 2.11 bits per heavy atom. The molecule has 1 aliphatic carbocycles. The number of aromatic nitrogens is 3. The Bertz CT molecular complexity index is 371. The lowest BCUT2D eigenvalue weighted by Gasteiger charge is -2.27. The Morgan fingerprint density at radius 3 is 2.74 bits per heavy atom. The van der Waals surface area contributed by atoms with Crippen molar-refractivity contribution in [2.45, 2.75) is 58.8 Å². The second-order valence-electron chi connectivity index (χ2n) is 5.89. The second-order valence-corrected chi connectivity index (χ2v) is 5.89. The van der Waals surface area contributed by atoms with E-state index in [0.717, 1.165) is 38.1 Å². The van der Waals surface area contributed by atoms with Crippen LogP contribution >= 0.6 is 0 Å². The van der Waals surface area contributed by atoms with Crippen LogP contribution in [0, 0.1) is 11.8 Å². The van der Waals surface area contributed by atoms with E-state index in [9.17, 15) is 0 Å². The molecule has 0 bridgehead atoms. The Labute approximate surface area is 115 Å².